The molecule has 0 aliphatic carbocycles. The summed E-state index contributed by atoms with van der Waals surface area (Å²) >= 11 is 0. The molecule has 1 heterocycles. The smallest absolute Gasteiger partial charge is 0.311 e. The van der Waals surface area contributed by atoms with Crippen molar-refractivity contribution in [3.63, 3.8) is 0 Å². The van der Waals surface area contributed by atoms with Gasteiger partial charge in [0, 0.05) is 0 Å². The first-order valence-electron chi connectivity index (χ1n) is 8.51. The zero-order valence-corrected chi connectivity index (χ0v) is 14.3. The van der Waals surface area contributed by atoms with E-state index >= 15 is 0 Å². The van der Waals surface area contributed by atoms with Crippen LogP contribution in [0.3, 0.4) is 0 Å². The van der Waals surface area contributed by atoms with Crippen LogP contribution in [-0.2, 0) is 20.9 Å². The lowest BCUT2D eigenvalue weighted by Crippen LogP contribution is -2.29. The van der Waals surface area contributed by atoms with Crippen LogP contribution in [0.5, 0.6) is 0 Å². The summed E-state index contributed by atoms with van der Waals surface area (Å²) < 4.78 is 11.3. The first-order chi connectivity index (χ1) is 11.0. The van der Waals surface area contributed by atoms with Crippen molar-refractivity contribution in [2.45, 2.75) is 65.0 Å². The van der Waals surface area contributed by atoms with Gasteiger partial charge < -0.3 is 14.6 Å². The van der Waals surface area contributed by atoms with E-state index in [9.17, 15) is 9.90 Å². The van der Waals surface area contributed by atoms with Gasteiger partial charge in [0.2, 0.25) is 0 Å². The Labute approximate surface area is 138 Å². The van der Waals surface area contributed by atoms with Crippen molar-refractivity contribution >= 4 is 5.97 Å². The minimum Gasteiger partial charge on any atom is -0.461 e. The third-order valence-corrected chi connectivity index (χ3v) is 4.57. The highest BCUT2D eigenvalue weighted by molar-refractivity contribution is 5.72. The van der Waals surface area contributed by atoms with Crippen molar-refractivity contribution in [1.82, 2.24) is 0 Å². The molecule has 0 radical (unpaired) electrons. The number of aliphatic hydroxyl groups excluding tert-OH is 1. The van der Waals surface area contributed by atoms with Crippen molar-refractivity contribution in [3.8, 4) is 0 Å². The molecule has 1 saturated heterocycles. The summed E-state index contributed by atoms with van der Waals surface area (Å²) in [7, 11) is 0. The first-order valence-corrected chi connectivity index (χ1v) is 8.51. The van der Waals surface area contributed by atoms with Crippen LogP contribution in [0.1, 0.15) is 45.6 Å². The van der Waals surface area contributed by atoms with E-state index in [0.717, 1.165) is 18.4 Å². The van der Waals surface area contributed by atoms with Crippen molar-refractivity contribution < 1.29 is 19.4 Å². The molecule has 4 nitrogen and oxygen atoms in total. The highest BCUT2D eigenvalue weighted by atomic mass is 16.5. The van der Waals surface area contributed by atoms with E-state index < -0.39 is 0 Å². The number of hydrogen-bond donors (Lipinski definition) is 1. The van der Waals surface area contributed by atoms with Gasteiger partial charge in [0.15, 0.2) is 0 Å². The second-order valence-corrected chi connectivity index (χ2v) is 6.80. The van der Waals surface area contributed by atoms with E-state index in [1.165, 1.54) is 0 Å². The molecule has 1 aromatic carbocycles. The fraction of sp³-hybridized carbons (Fsp3) is 0.632. The molecule has 0 spiro atoms. The van der Waals surface area contributed by atoms with Gasteiger partial charge in [-0.2, -0.15) is 0 Å². The Bertz CT molecular complexity index is 485. The van der Waals surface area contributed by atoms with Crippen LogP contribution in [0.25, 0.3) is 0 Å². The second kappa shape index (κ2) is 8.46. The summed E-state index contributed by atoms with van der Waals surface area (Å²) in [5.74, 6) is -0.269. The average Bonchev–Trinajstić information content (AvgIpc) is 3.01. The zero-order valence-electron chi connectivity index (χ0n) is 14.3. The molecular weight excluding hydrogens is 292 g/mol. The third kappa shape index (κ3) is 5.33. The maximum atomic E-state index is 12.2. The van der Waals surface area contributed by atoms with Gasteiger partial charge in [-0.3, -0.25) is 4.79 Å². The normalized spacial score (nSPS) is 23.7. The summed E-state index contributed by atoms with van der Waals surface area (Å²) in [4.78, 5) is 12.2. The lowest BCUT2D eigenvalue weighted by molar-refractivity contribution is -0.154. The third-order valence-electron chi connectivity index (χ3n) is 4.57. The molecule has 1 aliphatic rings. The molecule has 1 N–H and O–H groups in total. The van der Waals surface area contributed by atoms with Crippen LogP contribution in [-0.4, -0.2) is 29.4 Å². The fourth-order valence-corrected chi connectivity index (χ4v) is 2.83. The van der Waals surface area contributed by atoms with E-state index in [1.54, 1.807) is 0 Å². The predicted molar refractivity (Wildman–Crippen MR) is 88.8 cm³/mol. The molecule has 2 rings (SSSR count). The molecule has 0 saturated carbocycles. The molecule has 1 fully saturated rings. The summed E-state index contributed by atoms with van der Waals surface area (Å²) in [5.41, 5.74) is 0.985. The second-order valence-electron chi connectivity index (χ2n) is 6.80. The number of esters is 1. The van der Waals surface area contributed by atoms with Gasteiger partial charge in [0.1, 0.15) is 6.61 Å². The summed E-state index contributed by atoms with van der Waals surface area (Å²) in [6, 6.07) is 9.67. The van der Waals surface area contributed by atoms with Crippen molar-refractivity contribution in [2.24, 2.45) is 11.8 Å². The standard InChI is InChI=1S/C19H28O4/c1-13(2)17(20)11-16-9-10-18(23-16)14(3)19(21)22-12-15-7-5-4-6-8-15/h4-8,13-14,16-18,20H,9-12H2,1-3H3/t14-,16+,17-,18-/m0/s1. The predicted octanol–water partition coefficient (Wildman–Crippen LogP) is 3.32. The van der Waals surface area contributed by atoms with Crippen molar-refractivity contribution in [1.29, 1.82) is 0 Å². The molecular formula is C19H28O4. The summed E-state index contributed by atoms with van der Waals surface area (Å²) in [6.45, 7) is 6.16. The van der Waals surface area contributed by atoms with Crippen LogP contribution < -0.4 is 0 Å². The number of rotatable bonds is 7. The number of aliphatic hydroxyl groups is 1. The Hall–Kier alpha value is -1.39. The maximum absolute atomic E-state index is 12.2. The van der Waals surface area contributed by atoms with Crippen LogP contribution in [0.2, 0.25) is 0 Å². The number of benzene rings is 1. The molecule has 1 aromatic rings. The largest absolute Gasteiger partial charge is 0.461 e. The Morgan fingerprint density at radius 1 is 1.26 bits per heavy atom. The Morgan fingerprint density at radius 3 is 2.61 bits per heavy atom. The zero-order chi connectivity index (χ0) is 16.8. The van der Waals surface area contributed by atoms with Crippen molar-refractivity contribution in [2.75, 3.05) is 0 Å². The molecule has 0 amide bonds. The van der Waals surface area contributed by atoms with Crippen molar-refractivity contribution in [3.05, 3.63) is 35.9 Å². The maximum Gasteiger partial charge on any atom is 0.311 e. The first kappa shape index (κ1) is 18.0. The molecule has 1 aliphatic heterocycles. The number of carbonyl (C=O) groups is 1. The minimum atomic E-state index is -0.348. The number of ether oxygens (including phenoxy) is 2. The van der Waals surface area contributed by atoms with E-state index in [2.05, 4.69) is 0 Å². The number of carbonyl (C=O) groups excluding carboxylic acids is 1. The van der Waals surface area contributed by atoms with Gasteiger partial charge >= 0.3 is 5.97 Å². The number of hydrogen-bond acceptors (Lipinski definition) is 4. The SMILES string of the molecule is CC(C)[C@@H](O)C[C@H]1CC[C@@H]([C@H](C)C(=O)OCc2ccccc2)O1. The molecule has 23 heavy (non-hydrogen) atoms. The summed E-state index contributed by atoms with van der Waals surface area (Å²) in [6.07, 6.45) is 1.96. The molecule has 128 valence electrons. The van der Waals surface area contributed by atoms with Crippen LogP contribution in [0.4, 0.5) is 0 Å². The summed E-state index contributed by atoms with van der Waals surface area (Å²) in [5, 5.41) is 9.96. The molecule has 4 heteroatoms. The fourth-order valence-electron chi connectivity index (χ4n) is 2.83. The minimum absolute atomic E-state index is 0.0433. The van der Waals surface area contributed by atoms with Gasteiger partial charge in [0.25, 0.3) is 0 Å². The highest BCUT2D eigenvalue weighted by Gasteiger charge is 2.34. The van der Waals surface area contributed by atoms with Gasteiger partial charge in [-0.05, 0) is 37.7 Å². The molecule has 0 bridgehead atoms. The Morgan fingerprint density at radius 2 is 1.96 bits per heavy atom. The van der Waals surface area contributed by atoms with E-state index in [4.69, 9.17) is 9.47 Å². The van der Waals surface area contributed by atoms with E-state index in [-0.39, 0.29) is 36.1 Å². The monoisotopic (exact) mass is 320 g/mol. The van der Waals surface area contributed by atoms with E-state index in [1.807, 2.05) is 51.1 Å². The average molecular weight is 320 g/mol. The van der Waals surface area contributed by atoms with Gasteiger partial charge in [-0.25, -0.2) is 0 Å². The molecule has 4 atom stereocenters. The Kier molecular flexibility index (Phi) is 6.60. The molecule has 0 aromatic heterocycles. The van der Waals surface area contributed by atoms with Gasteiger partial charge in [0.05, 0.1) is 24.2 Å². The highest BCUT2D eigenvalue weighted by Crippen LogP contribution is 2.29. The van der Waals surface area contributed by atoms with Crippen LogP contribution in [0, 0.1) is 11.8 Å². The van der Waals surface area contributed by atoms with E-state index in [0.29, 0.717) is 13.0 Å². The van der Waals surface area contributed by atoms with Crippen LogP contribution >= 0.6 is 0 Å². The lowest BCUT2D eigenvalue weighted by atomic mass is 9.98. The quantitative estimate of drug-likeness (QED) is 0.783. The topological polar surface area (TPSA) is 55.8 Å². The van der Waals surface area contributed by atoms with Gasteiger partial charge in [-0.15, -0.1) is 0 Å². The Balaban J connectivity index is 1.77. The van der Waals surface area contributed by atoms with Crippen LogP contribution in [0.15, 0.2) is 30.3 Å². The lowest BCUT2D eigenvalue weighted by Gasteiger charge is -2.21. The van der Waals surface area contributed by atoms with Gasteiger partial charge in [-0.1, -0.05) is 44.2 Å². The molecule has 0 unspecified atom stereocenters.